The van der Waals surface area contributed by atoms with Gasteiger partial charge in [-0.2, -0.15) is 9.04 Å². The van der Waals surface area contributed by atoms with E-state index in [9.17, 15) is 13.6 Å². The van der Waals surface area contributed by atoms with Crippen LogP contribution < -0.4 is 0 Å². The Morgan fingerprint density at radius 3 is 2.63 bits per heavy atom. The number of rotatable bonds is 7. The summed E-state index contributed by atoms with van der Waals surface area (Å²) in [7, 11) is -2.10. The number of hydrogen-bond acceptors (Lipinski definition) is 5. The fourth-order valence-corrected chi connectivity index (χ4v) is 5.82. The van der Waals surface area contributed by atoms with E-state index in [-0.39, 0.29) is 10.9 Å². The molecule has 0 aliphatic heterocycles. The lowest BCUT2D eigenvalue weighted by atomic mass is 10.1. The fraction of sp³-hybridized carbons (Fsp3) is 0.231. The van der Waals surface area contributed by atoms with Gasteiger partial charge in [-0.15, -0.1) is 0 Å². The molecule has 2 N–H and O–H groups in total. The van der Waals surface area contributed by atoms with Crippen molar-refractivity contribution in [2.45, 2.75) is 37.6 Å². The fourth-order valence-electron chi connectivity index (χ4n) is 4.46. The molecule has 0 radical (unpaired) electrons. The summed E-state index contributed by atoms with van der Waals surface area (Å²) < 4.78 is 29.1. The quantitative estimate of drug-likeness (QED) is 0.332. The Labute approximate surface area is 203 Å². The molecule has 180 valence electrons. The van der Waals surface area contributed by atoms with Gasteiger partial charge in [0.1, 0.15) is 11.3 Å². The number of nitrogens with zero attached hydrogens (tertiary/aromatic N) is 4. The SMILES string of the molecule is Cc1nc2c(Cc3ccc(S(=O)(=O)N(C)[C@H](C)Cc4cn(O)c5ccccc45)cc3)nccc2[nH]1. The van der Waals surface area contributed by atoms with Crippen molar-refractivity contribution in [3.05, 3.63) is 89.6 Å². The van der Waals surface area contributed by atoms with Gasteiger partial charge in [0.15, 0.2) is 0 Å². The minimum Gasteiger partial charge on any atom is -0.428 e. The number of nitrogens with one attached hydrogen (secondary N) is 1. The van der Waals surface area contributed by atoms with Gasteiger partial charge < -0.3 is 10.2 Å². The van der Waals surface area contributed by atoms with Crippen LogP contribution in [-0.4, -0.2) is 50.7 Å². The summed E-state index contributed by atoms with van der Waals surface area (Å²) in [6.07, 6.45) is 4.42. The molecule has 1 atom stereocenters. The van der Waals surface area contributed by atoms with E-state index in [1.807, 2.05) is 56.3 Å². The topological polar surface area (TPSA) is 104 Å². The molecular weight excluding hydrogens is 462 g/mol. The minimum atomic E-state index is -3.69. The van der Waals surface area contributed by atoms with Gasteiger partial charge in [-0.05, 0) is 55.7 Å². The monoisotopic (exact) mass is 489 g/mol. The number of para-hydroxylation sites is 1. The molecule has 9 heteroatoms. The van der Waals surface area contributed by atoms with Gasteiger partial charge in [-0.3, -0.25) is 4.98 Å². The predicted octanol–water partition coefficient (Wildman–Crippen LogP) is 4.30. The van der Waals surface area contributed by atoms with Crippen LogP contribution in [0.25, 0.3) is 21.9 Å². The molecular formula is C26H27N5O3S. The number of likely N-dealkylation sites (N-methyl/N-ethyl adjacent to an activating group) is 1. The third kappa shape index (κ3) is 4.28. The Balaban J connectivity index is 1.34. The molecule has 0 fully saturated rings. The second kappa shape index (κ2) is 8.83. The second-order valence-electron chi connectivity index (χ2n) is 8.89. The number of H-pyrrole nitrogens is 1. The van der Waals surface area contributed by atoms with Crippen molar-refractivity contribution < 1.29 is 13.6 Å². The van der Waals surface area contributed by atoms with Crippen molar-refractivity contribution >= 4 is 32.0 Å². The van der Waals surface area contributed by atoms with Crippen molar-refractivity contribution in [3.63, 3.8) is 0 Å². The first-order chi connectivity index (χ1) is 16.7. The van der Waals surface area contributed by atoms with E-state index in [0.29, 0.717) is 18.4 Å². The number of benzene rings is 2. The maximum Gasteiger partial charge on any atom is 0.243 e. The van der Waals surface area contributed by atoms with Gasteiger partial charge in [0.05, 0.1) is 21.6 Å². The molecule has 0 unspecified atom stereocenters. The van der Waals surface area contributed by atoms with Crippen LogP contribution in [0.1, 0.15) is 29.6 Å². The van der Waals surface area contributed by atoms with E-state index in [0.717, 1.165) is 43.8 Å². The standard InChI is InChI=1S/C26H27N5O3S/c1-17(14-20-16-31(32)25-7-5-4-6-22(20)25)30(3)35(33,34)21-10-8-19(9-11-21)15-24-26-23(12-13-27-24)28-18(2)29-26/h4-13,16-17,32H,14-15H2,1-3H3,(H,28,29)/t17-/m1/s1. The molecule has 3 heterocycles. The zero-order valence-corrected chi connectivity index (χ0v) is 20.6. The number of aromatic nitrogens is 4. The van der Waals surface area contributed by atoms with Crippen molar-refractivity contribution in [2.24, 2.45) is 0 Å². The van der Waals surface area contributed by atoms with Crippen LogP contribution in [0.5, 0.6) is 0 Å². The molecule has 3 aromatic heterocycles. The first kappa shape index (κ1) is 23.1. The van der Waals surface area contributed by atoms with Crippen LogP contribution in [-0.2, 0) is 22.9 Å². The predicted molar refractivity (Wildman–Crippen MR) is 135 cm³/mol. The Morgan fingerprint density at radius 2 is 1.86 bits per heavy atom. The summed E-state index contributed by atoms with van der Waals surface area (Å²) >= 11 is 0. The van der Waals surface area contributed by atoms with Crippen LogP contribution in [0, 0.1) is 6.92 Å². The average Bonchev–Trinajstić information content (AvgIpc) is 3.38. The minimum absolute atomic E-state index is 0.238. The Bertz CT molecular complexity index is 1620. The third-order valence-corrected chi connectivity index (χ3v) is 8.46. The molecule has 0 amide bonds. The van der Waals surface area contributed by atoms with Gasteiger partial charge in [0.25, 0.3) is 0 Å². The van der Waals surface area contributed by atoms with Gasteiger partial charge in [0, 0.05) is 37.3 Å². The van der Waals surface area contributed by atoms with Crippen molar-refractivity contribution in [1.29, 1.82) is 0 Å². The van der Waals surface area contributed by atoms with E-state index in [4.69, 9.17) is 0 Å². The lowest BCUT2D eigenvalue weighted by Crippen LogP contribution is -2.36. The van der Waals surface area contributed by atoms with Gasteiger partial charge in [0.2, 0.25) is 10.0 Å². The first-order valence-electron chi connectivity index (χ1n) is 11.4. The van der Waals surface area contributed by atoms with Crippen LogP contribution in [0.4, 0.5) is 0 Å². The van der Waals surface area contributed by atoms with E-state index >= 15 is 0 Å². The van der Waals surface area contributed by atoms with Crippen LogP contribution in [0.15, 0.2) is 71.9 Å². The van der Waals surface area contributed by atoms with Gasteiger partial charge >= 0.3 is 0 Å². The highest BCUT2D eigenvalue weighted by Gasteiger charge is 2.26. The lowest BCUT2D eigenvalue weighted by molar-refractivity contribution is 0.199. The Morgan fingerprint density at radius 1 is 1.11 bits per heavy atom. The number of pyridine rings is 1. The molecule has 0 bridgehead atoms. The van der Waals surface area contributed by atoms with Gasteiger partial charge in [-0.1, -0.05) is 30.3 Å². The maximum absolute atomic E-state index is 13.3. The lowest BCUT2D eigenvalue weighted by Gasteiger charge is -2.24. The summed E-state index contributed by atoms with van der Waals surface area (Å²) in [5, 5.41) is 11.1. The summed E-state index contributed by atoms with van der Waals surface area (Å²) in [5.41, 5.74) is 5.16. The van der Waals surface area contributed by atoms with E-state index in [1.54, 1.807) is 31.6 Å². The zero-order valence-electron chi connectivity index (χ0n) is 19.8. The van der Waals surface area contributed by atoms with Gasteiger partial charge in [-0.25, -0.2) is 13.4 Å². The number of aryl methyl sites for hydroxylation is 1. The molecule has 0 saturated carbocycles. The summed E-state index contributed by atoms with van der Waals surface area (Å²) in [5.74, 6) is 0.830. The maximum atomic E-state index is 13.3. The highest BCUT2D eigenvalue weighted by Crippen LogP contribution is 2.25. The normalized spacial score (nSPS) is 13.1. The highest BCUT2D eigenvalue weighted by molar-refractivity contribution is 7.89. The van der Waals surface area contributed by atoms with Crippen LogP contribution >= 0.6 is 0 Å². The highest BCUT2D eigenvalue weighted by atomic mass is 32.2. The third-order valence-electron chi connectivity index (χ3n) is 6.48. The van der Waals surface area contributed by atoms with E-state index in [2.05, 4.69) is 15.0 Å². The van der Waals surface area contributed by atoms with E-state index < -0.39 is 10.0 Å². The molecule has 5 aromatic rings. The molecule has 35 heavy (non-hydrogen) atoms. The number of imidazole rings is 1. The summed E-state index contributed by atoms with van der Waals surface area (Å²) in [6, 6.07) is 16.0. The van der Waals surface area contributed by atoms with Crippen molar-refractivity contribution in [1.82, 2.24) is 24.0 Å². The molecule has 0 aliphatic carbocycles. The second-order valence-corrected chi connectivity index (χ2v) is 10.9. The first-order valence-corrected chi connectivity index (χ1v) is 12.8. The van der Waals surface area contributed by atoms with Crippen LogP contribution in [0.2, 0.25) is 0 Å². The van der Waals surface area contributed by atoms with Crippen LogP contribution in [0.3, 0.4) is 0 Å². The molecule has 0 aliphatic rings. The molecule has 8 nitrogen and oxygen atoms in total. The molecule has 0 saturated heterocycles. The average molecular weight is 490 g/mol. The molecule has 5 rings (SSSR count). The number of aromatic amines is 1. The smallest absolute Gasteiger partial charge is 0.243 e. The van der Waals surface area contributed by atoms with Crippen molar-refractivity contribution in [2.75, 3.05) is 7.05 Å². The molecule has 0 spiro atoms. The number of fused-ring (bicyclic) bond motifs is 2. The number of hydrogen-bond donors (Lipinski definition) is 2. The van der Waals surface area contributed by atoms with Crippen molar-refractivity contribution in [3.8, 4) is 0 Å². The zero-order chi connectivity index (χ0) is 24.7. The summed E-state index contributed by atoms with van der Waals surface area (Å²) in [6.45, 7) is 3.77. The number of sulfonamides is 1. The summed E-state index contributed by atoms with van der Waals surface area (Å²) in [4.78, 5) is 12.5. The molecule has 2 aromatic carbocycles. The Kier molecular flexibility index (Phi) is 5.82. The largest absolute Gasteiger partial charge is 0.428 e. The van der Waals surface area contributed by atoms with E-state index in [1.165, 1.54) is 4.31 Å². The Hall–Kier alpha value is -3.69.